The number of rotatable bonds is 2. The zero-order valence-electron chi connectivity index (χ0n) is 8.95. The molecule has 0 aliphatic rings. The maximum Gasteiger partial charge on any atom is 0.371 e. The fraction of sp³-hybridized carbons (Fsp3) is 0. The van der Waals surface area contributed by atoms with E-state index in [1.807, 2.05) is 0 Å². The number of aromatic carboxylic acids is 1. The standard InChI is InChI=1S/C12H8O6/c13-8-2-1-6(3-10(8)15)7-5-18-11(12(16)17)4-9(7)14/h1-5,13,15H,(H,16,17). The van der Waals surface area contributed by atoms with E-state index < -0.39 is 17.2 Å². The number of aromatic hydroxyl groups is 2. The molecule has 2 rings (SSSR count). The summed E-state index contributed by atoms with van der Waals surface area (Å²) in [6, 6.07) is 4.65. The van der Waals surface area contributed by atoms with Crippen LogP contribution in [-0.2, 0) is 0 Å². The van der Waals surface area contributed by atoms with Crippen LogP contribution in [-0.4, -0.2) is 21.3 Å². The number of phenolic OH excluding ortho intramolecular Hbond substituents is 2. The van der Waals surface area contributed by atoms with Crippen molar-refractivity contribution in [2.24, 2.45) is 0 Å². The number of phenols is 2. The van der Waals surface area contributed by atoms with Gasteiger partial charge in [-0.25, -0.2) is 4.79 Å². The van der Waals surface area contributed by atoms with E-state index in [9.17, 15) is 14.7 Å². The molecule has 6 heteroatoms. The molecule has 0 spiro atoms. The summed E-state index contributed by atoms with van der Waals surface area (Å²) in [6.07, 6.45) is 0.998. The van der Waals surface area contributed by atoms with Gasteiger partial charge in [0.2, 0.25) is 5.76 Å². The van der Waals surface area contributed by atoms with Crippen LogP contribution in [0.1, 0.15) is 10.6 Å². The van der Waals surface area contributed by atoms with Crippen LogP contribution in [0.2, 0.25) is 0 Å². The Morgan fingerprint density at radius 3 is 2.39 bits per heavy atom. The van der Waals surface area contributed by atoms with E-state index in [4.69, 9.17) is 14.6 Å². The molecule has 0 aliphatic carbocycles. The molecule has 0 fully saturated rings. The molecule has 1 heterocycles. The van der Waals surface area contributed by atoms with Gasteiger partial charge in [0.05, 0.1) is 5.56 Å². The normalized spacial score (nSPS) is 10.2. The zero-order chi connectivity index (χ0) is 13.3. The number of carboxylic acids is 1. The van der Waals surface area contributed by atoms with Gasteiger partial charge in [0.25, 0.3) is 0 Å². The van der Waals surface area contributed by atoms with E-state index in [0.29, 0.717) is 5.56 Å². The predicted octanol–water partition coefficient (Wildman–Crippen LogP) is 1.42. The summed E-state index contributed by atoms with van der Waals surface area (Å²) < 4.78 is 4.78. The molecule has 0 radical (unpaired) electrons. The molecule has 0 unspecified atom stereocenters. The first-order valence-corrected chi connectivity index (χ1v) is 4.87. The summed E-state index contributed by atoms with van der Waals surface area (Å²) in [6.45, 7) is 0. The van der Waals surface area contributed by atoms with Crippen molar-refractivity contribution in [1.29, 1.82) is 0 Å². The highest BCUT2D eigenvalue weighted by Crippen LogP contribution is 2.29. The van der Waals surface area contributed by atoms with E-state index in [2.05, 4.69) is 0 Å². The maximum absolute atomic E-state index is 11.7. The lowest BCUT2D eigenvalue weighted by Gasteiger charge is -2.03. The molecule has 0 amide bonds. The largest absolute Gasteiger partial charge is 0.504 e. The highest BCUT2D eigenvalue weighted by atomic mass is 16.4. The smallest absolute Gasteiger partial charge is 0.371 e. The Kier molecular flexibility index (Phi) is 2.77. The van der Waals surface area contributed by atoms with Crippen molar-refractivity contribution in [1.82, 2.24) is 0 Å². The van der Waals surface area contributed by atoms with Crippen molar-refractivity contribution in [2.45, 2.75) is 0 Å². The van der Waals surface area contributed by atoms with Gasteiger partial charge >= 0.3 is 5.97 Å². The lowest BCUT2D eigenvalue weighted by atomic mass is 10.1. The van der Waals surface area contributed by atoms with Crippen molar-refractivity contribution in [2.75, 3.05) is 0 Å². The molecule has 0 saturated heterocycles. The number of benzene rings is 1. The third-order valence-electron chi connectivity index (χ3n) is 2.33. The van der Waals surface area contributed by atoms with Crippen molar-refractivity contribution >= 4 is 5.97 Å². The quantitative estimate of drug-likeness (QED) is 0.693. The first-order valence-electron chi connectivity index (χ1n) is 4.87. The van der Waals surface area contributed by atoms with Crippen LogP contribution >= 0.6 is 0 Å². The van der Waals surface area contributed by atoms with Gasteiger partial charge < -0.3 is 19.7 Å². The van der Waals surface area contributed by atoms with Gasteiger partial charge in [-0.3, -0.25) is 4.79 Å². The Morgan fingerprint density at radius 1 is 1.11 bits per heavy atom. The number of carbonyl (C=O) groups is 1. The second-order valence-corrected chi connectivity index (χ2v) is 3.53. The lowest BCUT2D eigenvalue weighted by molar-refractivity contribution is 0.0659. The van der Waals surface area contributed by atoms with Crippen molar-refractivity contribution in [3.8, 4) is 22.6 Å². The maximum atomic E-state index is 11.7. The van der Waals surface area contributed by atoms with Crippen LogP contribution in [0.15, 0.2) is 39.7 Å². The van der Waals surface area contributed by atoms with E-state index in [1.165, 1.54) is 18.2 Å². The van der Waals surface area contributed by atoms with Crippen molar-refractivity contribution < 1.29 is 24.5 Å². The molecule has 92 valence electrons. The fourth-order valence-electron chi connectivity index (χ4n) is 1.42. The molecular weight excluding hydrogens is 240 g/mol. The van der Waals surface area contributed by atoms with Gasteiger partial charge in [-0.05, 0) is 17.7 Å². The van der Waals surface area contributed by atoms with Crippen LogP contribution in [0.4, 0.5) is 0 Å². The minimum atomic E-state index is -1.34. The first-order chi connectivity index (χ1) is 8.49. The van der Waals surface area contributed by atoms with Crippen LogP contribution in [0, 0.1) is 0 Å². The van der Waals surface area contributed by atoms with Crippen LogP contribution in [0.5, 0.6) is 11.5 Å². The third kappa shape index (κ3) is 2.03. The molecular formula is C12H8O6. The molecule has 6 nitrogen and oxygen atoms in total. The molecule has 0 atom stereocenters. The molecule has 0 bridgehead atoms. The van der Waals surface area contributed by atoms with Crippen LogP contribution in [0.3, 0.4) is 0 Å². The molecule has 0 saturated carbocycles. The van der Waals surface area contributed by atoms with Gasteiger partial charge in [-0.2, -0.15) is 0 Å². The highest BCUT2D eigenvalue weighted by molar-refractivity contribution is 5.84. The summed E-state index contributed by atoms with van der Waals surface area (Å²) in [5.74, 6) is -2.50. The van der Waals surface area contributed by atoms with E-state index in [0.717, 1.165) is 12.3 Å². The van der Waals surface area contributed by atoms with E-state index in [-0.39, 0.29) is 17.1 Å². The highest BCUT2D eigenvalue weighted by Gasteiger charge is 2.11. The lowest BCUT2D eigenvalue weighted by Crippen LogP contribution is -2.07. The SMILES string of the molecule is O=C(O)c1cc(=O)c(-c2ccc(O)c(O)c2)co1. The molecule has 18 heavy (non-hydrogen) atoms. The average Bonchev–Trinajstić information content (AvgIpc) is 2.32. The number of hydrogen-bond acceptors (Lipinski definition) is 5. The van der Waals surface area contributed by atoms with Gasteiger partial charge in [0.1, 0.15) is 6.26 Å². The second-order valence-electron chi connectivity index (χ2n) is 3.53. The van der Waals surface area contributed by atoms with Crippen LogP contribution in [0.25, 0.3) is 11.1 Å². The monoisotopic (exact) mass is 248 g/mol. The molecule has 0 aliphatic heterocycles. The molecule has 3 N–H and O–H groups in total. The Bertz CT molecular complexity index is 671. The number of carboxylic acid groups (broad SMARTS) is 1. The minimum absolute atomic E-state index is 0.0929. The van der Waals surface area contributed by atoms with Crippen LogP contribution < -0.4 is 5.43 Å². The summed E-state index contributed by atoms with van der Waals surface area (Å²) in [5, 5.41) is 27.1. The van der Waals surface area contributed by atoms with Crippen molar-refractivity contribution in [3.63, 3.8) is 0 Å². The van der Waals surface area contributed by atoms with Gasteiger partial charge in [-0.1, -0.05) is 6.07 Å². The Morgan fingerprint density at radius 2 is 1.83 bits per heavy atom. The summed E-state index contributed by atoms with van der Waals surface area (Å²) in [5.41, 5.74) is -0.143. The summed E-state index contributed by atoms with van der Waals surface area (Å²) in [7, 11) is 0. The third-order valence-corrected chi connectivity index (χ3v) is 2.33. The first kappa shape index (κ1) is 11.7. The minimum Gasteiger partial charge on any atom is -0.504 e. The van der Waals surface area contributed by atoms with Gasteiger partial charge in [0, 0.05) is 6.07 Å². The average molecular weight is 248 g/mol. The van der Waals surface area contributed by atoms with Gasteiger partial charge in [0.15, 0.2) is 16.9 Å². The Balaban J connectivity index is 2.54. The van der Waals surface area contributed by atoms with E-state index in [1.54, 1.807) is 0 Å². The number of hydrogen-bond donors (Lipinski definition) is 3. The topological polar surface area (TPSA) is 108 Å². The predicted molar refractivity (Wildman–Crippen MR) is 60.7 cm³/mol. The Labute approximate surface area is 100 Å². The summed E-state index contributed by atoms with van der Waals surface area (Å²) >= 11 is 0. The Hall–Kier alpha value is -2.76. The summed E-state index contributed by atoms with van der Waals surface area (Å²) in [4.78, 5) is 22.3. The fourth-order valence-corrected chi connectivity index (χ4v) is 1.42. The second kappa shape index (κ2) is 4.25. The van der Waals surface area contributed by atoms with Crippen molar-refractivity contribution in [3.05, 3.63) is 46.5 Å². The van der Waals surface area contributed by atoms with Gasteiger partial charge in [-0.15, -0.1) is 0 Å². The molecule has 2 aromatic rings. The zero-order valence-corrected chi connectivity index (χ0v) is 8.95. The van der Waals surface area contributed by atoms with E-state index >= 15 is 0 Å². The molecule has 1 aromatic carbocycles. The molecule has 1 aromatic heterocycles.